The second kappa shape index (κ2) is 19.4. The lowest BCUT2D eigenvalue weighted by atomic mass is 9.86. The molecule has 1 heterocycles. The van der Waals surface area contributed by atoms with Gasteiger partial charge in [0.25, 0.3) is 5.91 Å². The summed E-state index contributed by atoms with van der Waals surface area (Å²) in [5, 5.41) is 15.0. The largest absolute Gasteiger partial charge is 0.494 e. The van der Waals surface area contributed by atoms with E-state index in [4.69, 9.17) is 4.74 Å². The van der Waals surface area contributed by atoms with Gasteiger partial charge in [0.05, 0.1) is 12.2 Å². The van der Waals surface area contributed by atoms with Crippen LogP contribution in [-0.2, 0) is 27.6 Å². The highest BCUT2D eigenvalue weighted by atomic mass is 19.4. The van der Waals surface area contributed by atoms with Gasteiger partial charge in [-0.1, -0.05) is 114 Å². The minimum Gasteiger partial charge on any atom is -0.494 e. The fourth-order valence-electron chi connectivity index (χ4n) is 6.29. The molecule has 0 saturated carbocycles. The zero-order valence-electron chi connectivity index (χ0n) is 33.1. The van der Waals surface area contributed by atoms with Gasteiger partial charge in [-0.2, -0.15) is 13.2 Å². The number of rotatable bonds is 17. The number of carbonyl (C=O) groups excluding carboxylic acids is 2. The van der Waals surface area contributed by atoms with Gasteiger partial charge in [-0.15, -0.1) is 0 Å². The molecule has 0 aliphatic heterocycles. The predicted octanol–water partition coefficient (Wildman–Crippen LogP) is 9.76. The van der Waals surface area contributed by atoms with E-state index in [9.17, 15) is 32.7 Å². The average Bonchev–Trinajstić information content (AvgIpc) is 3.21. The zero-order chi connectivity index (χ0) is 41.9. The number of aromatic nitrogens is 2. The molecule has 0 fully saturated rings. The van der Waals surface area contributed by atoms with Crippen molar-refractivity contribution in [3.63, 3.8) is 0 Å². The molecular formula is C46H49F3N4O5. The number of nitrogens with zero attached hydrogens (tertiary/aromatic N) is 2. The summed E-state index contributed by atoms with van der Waals surface area (Å²) in [6.45, 7) is 8.98. The quantitative estimate of drug-likeness (QED) is 0.0800. The molecule has 4 aromatic carbocycles. The Bertz CT molecular complexity index is 2130. The highest BCUT2D eigenvalue weighted by Gasteiger charge is 2.33. The standard InChI is InChI=1S/C46H49F3N4O5/c1-5-6-7-8-9-25-58-38-23-19-31(20-24-38)35-28-50-41(51-29-35)32-15-13-30(14-16-32)26-39(52-42(54)33-17-21-36(22-18-33)45(2,3)4)43(55)53-40(44(56)57)34-11-10-12-37(27-34)46(47,48)49/h10-24,27-29,39-40H,5-9,25-26H2,1-4H3,(H,52,54)(H,53,55)(H,56,57)/t39-,40?/m0/s1. The van der Waals surface area contributed by atoms with E-state index in [0.717, 1.165) is 47.4 Å². The van der Waals surface area contributed by atoms with E-state index in [1.807, 2.05) is 57.2 Å². The van der Waals surface area contributed by atoms with Crippen molar-refractivity contribution in [2.24, 2.45) is 0 Å². The van der Waals surface area contributed by atoms with E-state index in [1.165, 1.54) is 25.3 Å². The molecule has 0 bridgehead atoms. The van der Waals surface area contributed by atoms with Gasteiger partial charge in [-0.25, -0.2) is 14.8 Å². The van der Waals surface area contributed by atoms with Crippen molar-refractivity contribution in [2.75, 3.05) is 6.61 Å². The molecule has 5 aromatic rings. The van der Waals surface area contributed by atoms with E-state index >= 15 is 0 Å². The highest BCUT2D eigenvalue weighted by molar-refractivity contribution is 5.98. The lowest BCUT2D eigenvalue weighted by molar-refractivity contribution is -0.142. The first-order valence-electron chi connectivity index (χ1n) is 19.4. The van der Waals surface area contributed by atoms with Crippen LogP contribution >= 0.6 is 0 Å². The number of carboxylic acid groups (broad SMARTS) is 1. The second-order valence-electron chi connectivity index (χ2n) is 15.2. The molecule has 5 rings (SSSR count). The van der Waals surface area contributed by atoms with Crippen molar-refractivity contribution in [3.05, 3.63) is 137 Å². The smallest absolute Gasteiger partial charge is 0.416 e. The van der Waals surface area contributed by atoms with Crippen LogP contribution < -0.4 is 15.4 Å². The summed E-state index contributed by atoms with van der Waals surface area (Å²) in [6.07, 6.45) is 4.52. The number of alkyl halides is 3. The van der Waals surface area contributed by atoms with Crippen molar-refractivity contribution in [1.29, 1.82) is 0 Å². The summed E-state index contributed by atoms with van der Waals surface area (Å²) >= 11 is 0. The van der Waals surface area contributed by atoms with Crippen molar-refractivity contribution in [2.45, 2.75) is 89.9 Å². The van der Waals surface area contributed by atoms with Crippen LogP contribution in [0.2, 0.25) is 0 Å². The Morgan fingerprint density at radius 1 is 0.741 bits per heavy atom. The van der Waals surface area contributed by atoms with E-state index < -0.39 is 41.6 Å². The maximum Gasteiger partial charge on any atom is 0.416 e. The van der Waals surface area contributed by atoms with Crippen LogP contribution in [0.3, 0.4) is 0 Å². The minimum absolute atomic E-state index is 0.0643. The molecule has 9 nitrogen and oxygen atoms in total. The Kier molecular flexibility index (Phi) is 14.4. The van der Waals surface area contributed by atoms with Crippen LogP contribution in [0.4, 0.5) is 13.2 Å². The first-order chi connectivity index (χ1) is 27.6. The fraction of sp³-hybridized carbons (Fsp3) is 0.326. The van der Waals surface area contributed by atoms with Crippen LogP contribution in [0.5, 0.6) is 5.75 Å². The number of carboxylic acids is 1. The van der Waals surface area contributed by atoms with Gasteiger partial charge < -0.3 is 20.5 Å². The summed E-state index contributed by atoms with van der Waals surface area (Å²) in [5.74, 6) is -1.78. The molecule has 0 radical (unpaired) electrons. The number of unbranched alkanes of at least 4 members (excludes halogenated alkanes) is 4. The van der Waals surface area contributed by atoms with Crippen LogP contribution in [0.25, 0.3) is 22.5 Å². The Hall–Kier alpha value is -6.04. The summed E-state index contributed by atoms with van der Waals surface area (Å²) in [4.78, 5) is 48.6. The molecule has 12 heteroatoms. The van der Waals surface area contributed by atoms with E-state index in [0.29, 0.717) is 29.6 Å². The molecule has 1 aromatic heterocycles. The number of amides is 2. The lowest BCUT2D eigenvalue weighted by Gasteiger charge is -2.23. The third kappa shape index (κ3) is 12.0. The molecule has 0 aliphatic rings. The summed E-state index contributed by atoms with van der Waals surface area (Å²) in [7, 11) is 0. The number of nitrogens with one attached hydrogen (secondary N) is 2. The predicted molar refractivity (Wildman–Crippen MR) is 217 cm³/mol. The maximum atomic E-state index is 13.8. The van der Waals surface area contributed by atoms with Crippen molar-refractivity contribution < 1.29 is 37.4 Å². The molecule has 304 valence electrons. The van der Waals surface area contributed by atoms with Crippen molar-refractivity contribution >= 4 is 17.8 Å². The fourth-order valence-corrected chi connectivity index (χ4v) is 6.29. The third-order valence-corrected chi connectivity index (χ3v) is 9.72. The van der Waals surface area contributed by atoms with Gasteiger partial charge in [0.2, 0.25) is 5.91 Å². The molecular weight excluding hydrogens is 746 g/mol. The number of hydrogen-bond donors (Lipinski definition) is 3. The van der Waals surface area contributed by atoms with Gasteiger partial charge in [-0.3, -0.25) is 9.59 Å². The summed E-state index contributed by atoms with van der Waals surface area (Å²) < 4.78 is 46.3. The molecule has 0 aliphatic carbocycles. The zero-order valence-corrected chi connectivity index (χ0v) is 33.1. The highest BCUT2D eigenvalue weighted by Crippen LogP contribution is 2.31. The number of hydrogen-bond acceptors (Lipinski definition) is 6. The molecule has 2 amide bonds. The number of carbonyl (C=O) groups is 3. The van der Waals surface area contributed by atoms with E-state index in [-0.39, 0.29) is 23.0 Å². The van der Waals surface area contributed by atoms with Crippen molar-refractivity contribution in [1.82, 2.24) is 20.6 Å². The Labute approximate surface area is 337 Å². The monoisotopic (exact) mass is 794 g/mol. The van der Waals surface area contributed by atoms with Crippen LogP contribution in [0.1, 0.15) is 98.5 Å². The van der Waals surface area contributed by atoms with Gasteiger partial charge >= 0.3 is 12.1 Å². The molecule has 58 heavy (non-hydrogen) atoms. The molecule has 0 saturated heterocycles. The average molecular weight is 795 g/mol. The van der Waals surface area contributed by atoms with Crippen LogP contribution in [0.15, 0.2) is 109 Å². The van der Waals surface area contributed by atoms with E-state index in [2.05, 4.69) is 27.5 Å². The molecule has 3 N–H and O–H groups in total. The second-order valence-corrected chi connectivity index (χ2v) is 15.2. The van der Waals surface area contributed by atoms with Crippen LogP contribution in [0, 0.1) is 0 Å². The minimum atomic E-state index is -4.73. The van der Waals surface area contributed by atoms with Gasteiger partial charge in [0, 0.05) is 35.5 Å². The number of aliphatic carboxylic acids is 1. The van der Waals surface area contributed by atoms with Gasteiger partial charge in [-0.05, 0) is 70.5 Å². The normalized spacial score (nSPS) is 12.7. The third-order valence-electron chi connectivity index (χ3n) is 9.72. The first-order valence-corrected chi connectivity index (χ1v) is 19.4. The van der Waals surface area contributed by atoms with Gasteiger partial charge in [0.1, 0.15) is 11.8 Å². The molecule has 2 atom stereocenters. The lowest BCUT2D eigenvalue weighted by Crippen LogP contribution is -2.50. The molecule has 1 unspecified atom stereocenters. The molecule has 0 spiro atoms. The SMILES string of the molecule is CCCCCCCOc1ccc(-c2cnc(-c3ccc(C[C@H](NC(=O)c4ccc(C(C)(C)C)cc4)C(=O)NC(C(=O)O)c4cccc(C(F)(F)F)c4)cc3)nc2)cc1. The van der Waals surface area contributed by atoms with Crippen LogP contribution in [-0.4, -0.2) is 45.5 Å². The van der Waals surface area contributed by atoms with E-state index in [1.54, 1.807) is 48.8 Å². The number of halogens is 3. The number of benzene rings is 4. The topological polar surface area (TPSA) is 131 Å². The Balaban J connectivity index is 1.30. The maximum absolute atomic E-state index is 13.8. The Morgan fingerprint density at radius 2 is 1.38 bits per heavy atom. The first kappa shape index (κ1) is 43.1. The van der Waals surface area contributed by atoms with Gasteiger partial charge in [0.15, 0.2) is 11.9 Å². The summed E-state index contributed by atoms with van der Waals surface area (Å²) in [5.41, 5.74) is 2.83. The van der Waals surface area contributed by atoms with Crippen molar-refractivity contribution in [3.8, 4) is 28.3 Å². The number of ether oxygens (including phenoxy) is 1. The Morgan fingerprint density at radius 3 is 1.98 bits per heavy atom. The summed E-state index contributed by atoms with van der Waals surface area (Å²) in [6, 6.07) is 22.3.